The third kappa shape index (κ3) is 4.99. The summed E-state index contributed by atoms with van der Waals surface area (Å²) in [4.78, 5) is 13.9. The molecule has 0 spiro atoms. The second-order valence-electron chi connectivity index (χ2n) is 6.76. The Bertz CT molecular complexity index is 946. The SMILES string of the molecule is CCOC(=O)c1c(NC(=S)Nc2cc(Cl)c(OC)cc2OC)sc2c1CCCCC2. The number of aryl methyl sites for hydroxylation is 1. The van der Waals surface area contributed by atoms with Gasteiger partial charge in [0, 0.05) is 10.9 Å². The molecular weight excluding hydrogens is 444 g/mol. The third-order valence-electron chi connectivity index (χ3n) is 4.85. The normalized spacial score (nSPS) is 13.1. The second-order valence-corrected chi connectivity index (χ2v) is 8.68. The molecular formula is C21H25ClN2O4S2. The molecule has 0 fully saturated rings. The summed E-state index contributed by atoms with van der Waals surface area (Å²) in [5.41, 5.74) is 2.28. The maximum atomic E-state index is 12.7. The van der Waals surface area contributed by atoms with Gasteiger partial charge < -0.3 is 24.8 Å². The lowest BCUT2D eigenvalue weighted by Crippen LogP contribution is -2.21. The van der Waals surface area contributed by atoms with E-state index in [0.29, 0.717) is 44.5 Å². The first-order valence-electron chi connectivity index (χ1n) is 9.79. The average molecular weight is 469 g/mol. The van der Waals surface area contributed by atoms with Crippen LogP contribution in [-0.4, -0.2) is 31.9 Å². The minimum Gasteiger partial charge on any atom is -0.495 e. The zero-order valence-electron chi connectivity index (χ0n) is 17.2. The Hall–Kier alpha value is -2.03. The van der Waals surface area contributed by atoms with Crippen molar-refractivity contribution in [2.45, 2.75) is 39.0 Å². The fourth-order valence-electron chi connectivity index (χ4n) is 3.46. The number of hydrogen-bond donors (Lipinski definition) is 2. The molecule has 30 heavy (non-hydrogen) atoms. The molecule has 0 aliphatic heterocycles. The van der Waals surface area contributed by atoms with Crippen LogP contribution in [0.15, 0.2) is 12.1 Å². The number of esters is 1. The highest BCUT2D eigenvalue weighted by atomic mass is 35.5. The highest BCUT2D eigenvalue weighted by molar-refractivity contribution is 7.80. The topological polar surface area (TPSA) is 68.8 Å². The Labute approximate surface area is 190 Å². The van der Waals surface area contributed by atoms with Gasteiger partial charge in [0.2, 0.25) is 0 Å². The van der Waals surface area contributed by atoms with Gasteiger partial charge in [0.25, 0.3) is 0 Å². The minimum absolute atomic E-state index is 0.313. The molecule has 9 heteroatoms. The fraction of sp³-hybridized carbons (Fsp3) is 0.429. The van der Waals surface area contributed by atoms with E-state index in [0.717, 1.165) is 31.2 Å². The molecule has 0 radical (unpaired) electrons. The number of rotatable bonds is 6. The van der Waals surface area contributed by atoms with E-state index in [1.165, 1.54) is 18.4 Å². The van der Waals surface area contributed by atoms with Crippen LogP contribution in [0.25, 0.3) is 0 Å². The van der Waals surface area contributed by atoms with E-state index < -0.39 is 0 Å². The first-order chi connectivity index (χ1) is 14.5. The number of anilines is 2. The molecule has 2 N–H and O–H groups in total. The number of fused-ring (bicyclic) bond motifs is 1. The van der Waals surface area contributed by atoms with Gasteiger partial charge in [0.05, 0.1) is 37.1 Å². The smallest absolute Gasteiger partial charge is 0.341 e. The van der Waals surface area contributed by atoms with Crippen LogP contribution in [-0.2, 0) is 17.6 Å². The van der Waals surface area contributed by atoms with Crippen LogP contribution >= 0.6 is 35.2 Å². The van der Waals surface area contributed by atoms with Crippen LogP contribution in [0.1, 0.15) is 47.0 Å². The van der Waals surface area contributed by atoms with Gasteiger partial charge in [-0.15, -0.1) is 11.3 Å². The molecule has 2 aromatic rings. The van der Waals surface area contributed by atoms with E-state index in [4.69, 9.17) is 38.0 Å². The van der Waals surface area contributed by atoms with E-state index in [-0.39, 0.29) is 5.97 Å². The summed E-state index contributed by atoms with van der Waals surface area (Å²) in [6, 6.07) is 3.37. The molecule has 0 amide bonds. The zero-order valence-corrected chi connectivity index (χ0v) is 19.6. The average Bonchev–Trinajstić information content (AvgIpc) is 2.88. The van der Waals surface area contributed by atoms with E-state index in [2.05, 4.69) is 10.6 Å². The molecule has 1 heterocycles. The van der Waals surface area contributed by atoms with Crippen molar-refractivity contribution in [3.05, 3.63) is 33.2 Å². The highest BCUT2D eigenvalue weighted by Crippen LogP contribution is 2.39. The number of thiocarbonyl (C=S) groups is 1. The Kier molecular flexibility index (Phi) is 7.80. The Balaban J connectivity index is 1.86. The third-order valence-corrected chi connectivity index (χ3v) is 6.56. The maximum Gasteiger partial charge on any atom is 0.341 e. The van der Waals surface area contributed by atoms with Crippen LogP contribution in [0.2, 0.25) is 5.02 Å². The van der Waals surface area contributed by atoms with Gasteiger partial charge in [0.15, 0.2) is 5.11 Å². The molecule has 0 saturated carbocycles. The van der Waals surface area contributed by atoms with Crippen molar-refractivity contribution in [2.24, 2.45) is 0 Å². The van der Waals surface area contributed by atoms with Crippen molar-refractivity contribution in [1.29, 1.82) is 0 Å². The number of carbonyl (C=O) groups is 1. The molecule has 0 saturated heterocycles. The predicted molar refractivity (Wildman–Crippen MR) is 126 cm³/mol. The summed E-state index contributed by atoms with van der Waals surface area (Å²) in [5, 5.41) is 7.75. The summed E-state index contributed by atoms with van der Waals surface area (Å²) in [5.74, 6) is 0.727. The van der Waals surface area contributed by atoms with E-state index in [9.17, 15) is 4.79 Å². The molecule has 1 aliphatic rings. The molecule has 1 aromatic heterocycles. The van der Waals surface area contributed by atoms with Crippen molar-refractivity contribution in [3.8, 4) is 11.5 Å². The number of halogens is 1. The van der Waals surface area contributed by atoms with E-state index in [1.54, 1.807) is 30.6 Å². The number of carbonyl (C=O) groups excluding carboxylic acids is 1. The Morgan fingerprint density at radius 1 is 1.13 bits per heavy atom. The summed E-state index contributed by atoms with van der Waals surface area (Å²) in [7, 11) is 3.09. The molecule has 1 aliphatic carbocycles. The first kappa shape index (κ1) is 22.7. The number of nitrogens with one attached hydrogen (secondary N) is 2. The van der Waals surface area contributed by atoms with Crippen LogP contribution in [0.3, 0.4) is 0 Å². The van der Waals surface area contributed by atoms with Gasteiger partial charge in [-0.1, -0.05) is 18.0 Å². The second kappa shape index (κ2) is 10.3. The lowest BCUT2D eigenvalue weighted by molar-refractivity contribution is 0.0527. The van der Waals surface area contributed by atoms with Crippen LogP contribution in [0, 0.1) is 0 Å². The zero-order chi connectivity index (χ0) is 21.7. The van der Waals surface area contributed by atoms with Gasteiger partial charge >= 0.3 is 5.97 Å². The number of methoxy groups -OCH3 is 2. The molecule has 0 bridgehead atoms. The fourth-order valence-corrected chi connectivity index (χ4v) is 5.26. The van der Waals surface area contributed by atoms with E-state index >= 15 is 0 Å². The summed E-state index contributed by atoms with van der Waals surface area (Å²) in [6.07, 6.45) is 5.21. The molecule has 1 aromatic carbocycles. The Morgan fingerprint density at radius 2 is 1.87 bits per heavy atom. The van der Waals surface area contributed by atoms with Gasteiger partial charge in [0.1, 0.15) is 16.5 Å². The van der Waals surface area contributed by atoms with Crippen molar-refractivity contribution in [1.82, 2.24) is 0 Å². The number of hydrogen-bond acceptors (Lipinski definition) is 6. The number of ether oxygens (including phenoxy) is 3. The molecule has 3 rings (SSSR count). The van der Waals surface area contributed by atoms with Gasteiger partial charge in [-0.05, 0) is 56.5 Å². The van der Waals surface area contributed by atoms with Gasteiger partial charge in [-0.3, -0.25) is 0 Å². The standard InChI is InChI=1S/C21H25ClN2O4S2/c1-4-28-20(25)18-12-8-6-5-7-9-17(12)30-19(18)24-21(29)23-14-10-13(22)15(26-2)11-16(14)27-3/h10-11H,4-9H2,1-3H3,(H2,23,24,29). The summed E-state index contributed by atoms with van der Waals surface area (Å²) in [6.45, 7) is 2.13. The van der Waals surface area contributed by atoms with Gasteiger partial charge in [-0.25, -0.2) is 4.79 Å². The minimum atomic E-state index is -0.313. The lowest BCUT2D eigenvalue weighted by Gasteiger charge is -2.15. The number of benzene rings is 1. The molecule has 162 valence electrons. The monoisotopic (exact) mass is 468 g/mol. The quantitative estimate of drug-likeness (QED) is 0.321. The van der Waals surface area contributed by atoms with Gasteiger partial charge in [-0.2, -0.15) is 0 Å². The lowest BCUT2D eigenvalue weighted by atomic mass is 10.1. The van der Waals surface area contributed by atoms with Crippen LogP contribution < -0.4 is 20.1 Å². The Morgan fingerprint density at radius 3 is 2.57 bits per heavy atom. The van der Waals surface area contributed by atoms with Crippen molar-refractivity contribution >= 4 is 56.9 Å². The highest BCUT2D eigenvalue weighted by Gasteiger charge is 2.26. The van der Waals surface area contributed by atoms with Crippen molar-refractivity contribution in [3.63, 3.8) is 0 Å². The summed E-state index contributed by atoms with van der Waals surface area (Å²) >= 11 is 13.3. The van der Waals surface area contributed by atoms with Crippen LogP contribution in [0.5, 0.6) is 11.5 Å². The first-order valence-corrected chi connectivity index (χ1v) is 11.4. The van der Waals surface area contributed by atoms with Crippen molar-refractivity contribution in [2.75, 3.05) is 31.5 Å². The summed E-state index contributed by atoms with van der Waals surface area (Å²) < 4.78 is 16.0. The van der Waals surface area contributed by atoms with Crippen LogP contribution in [0.4, 0.5) is 10.7 Å². The van der Waals surface area contributed by atoms with Crippen molar-refractivity contribution < 1.29 is 19.0 Å². The number of thiophene rings is 1. The molecule has 0 unspecified atom stereocenters. The largest absolute Gasteiger partial charge is 0.495 e. The molecule has 0 atom stereocenters. The van der Waals surface area contributed by atoms with E-state index in [1.807, 2.05) is 6.92 Å². The predicted octanol–water partition coefficient (Wildman–Crippen LogP) is 5.67. The maximum absolute atomic E-state index is 12.7. The molecule has 6 nitrogen and oxygen atoms in total.